The van der Waals surface area contributed by atoms with E-state index < -0.39 is 0 Å². The molecule has 5 heteroatoms. The Hall–Kier alpha value is 1.25. The molecule has 0 aliphatic heterocycles. The molecule has 0 N–H and O–H groups in total. The van der Waals surface area contributed by atoms with Crippen molar-refractivity contribution < 1.29 is 0 Å². The van der Waals surface area contributed by atoms with Crippen LogP contribution in [0.5, 0.6) is 0 Å². The molecule has 0 amide bonds. The lowest BCUT2D eigenvalue weighted by Gasteiger charge is -2.05. The van der Waals surface area contributed by atoms with Gasteiger partial charge in [-0.05, 0) is 28.7 Å². The summed E-state index contributed by atoms with van der Waals surface area (Å²) in [5, 5.41) is 0. The zero-order valence-corrected chi connectivity index (χ0v) is 11.0. The van der Waals surface area contributed by atoms with Gasteiger partial charge in [0.1, 0.15) is 4.34 Å². The summed E-state index contributed by atoms with van der Waals surface area (Å²) >= 11 is 12.0. The van der Waals surface area contributed by atoms with Crippen LogP contribution in [0.3, 0.4) is 0 Å². The molecule has 0 atom stereocenters. The van der Waals surface area contributed by atoms with Crippen molar-refractivity contribution in [1.82, 2.24) is 0 Å². The van der Waals surface area contributed by atoms with E-state index in [1.165, 1.54) is 2.88 Å². The summed E-state index contributed by atoms with van der Waals surface area (Å²) in [7, 11) is 1.98. The summed E-state index contributed by atoms with van der Waals surface area (Å²) in [5.74, 6) is 0. The van der Waals surface area contributed by atoms with Gasteiger partial charge in [-0.3, -0.25) is 0 Å². The maximum atomic E-state index is 5.91. The largest absolute Gasteiger partial charge is 0.316 e. The van der Waals surface area contributed by atoms with Crippen molar-refractivity contribution in [3.05, 3.63) is 13.3 Å². The molecule has 0 aliphatic carbocycles. The topological polar surface area (TPSA) is 3.24 Å². The first-order chi connectivity index (χ1) is 4.61. The van der Waals surface area contributed by atoms with Crippen LogP contribution < -0.4 is 3.11 Å². The molecule has 1 aromatic rings. The third-order valence-corrected chi connectivity index (χ3v) is 3.59. The highest BCUT2D eigenvalue weighted by atomic mass is 127. The minimum absolute atomic E-state index is 0.862. The Morgan fingerprint density at radius 2 is 2.30 bits per heavy atom. The van der Waals surface area contributed by atoms with Crippen molar-refractivity contribution in [1.29, 1.82) is 0 Å². The standard InChI is InChI=1S/C5H4ClI2NS/c1-9(8)3-2-4(7)10-5(3)6/h2H,1H3. The Morgan fingerprint density at radius 3 is 2.50 bits per heavy atom. The molecule has 0 unspecified atom stereocenters. The second-order valence-corrected chi connectivity index (χ2v) is 6.68. The number of halogens is 3. The van der Waals surface area contributed by atoms with Crippen LogP contribution in [0.2, 0.25) is 4.34 Å². The number of hydrogen-bond acceptors (Lipinski definition) is 2. The summed E-state index contributed by atoms with van der Waals surface area (Å²) in [5.41, 5.74) is 1.09. The van der Waals surface area contributed by atoms with Crippen molar-refractivity contribution in [2.24, 2.45) is 0 Å². The molecule has 10 heavy (non-hydrogen) atoms. The predicted octanol–water partition coefficient (Wildman–Crippen LogP) is 3.79. The van der Waals surface area contributed by atoms with Gasteiger partial charge in [0.2, 0.25) is 0 Å². The monoisotopic (exact) mass is 399 g/mol. The number of thiophene rings is 1. The van der Waals surface area contributed by atoms with E-state index in [9.17, 15) is 0 Å². The van der Waals surface area contributed by atoms with Crippen LogP contribution >= 0.6 is 68.4 Å². The molecular weight excluding hydrogens is 395 g/mol. The SMILES string of the molecule is CN(I)c1cc(I)sc1Cl. The first-order valence-electron chi connectivity index (χ1n) is 2.45. The summed E-state index contributed by atoms with van der Waals surface area (Å²) in [6.45, 7) is 0. The van der Waals surface area contributed by atoms with Crippen LogP contribution in [0.1, 0.15) is 0 Å². The number of hydrogen-bond donors (Lipinski definition) is 0. The summed E-state index contributed by atoms with van der Waals surface area (Å²) in [6, 6.07) is 2.07. The summed E-state index contributed by atoms with van der Waals surface area (Å²) in [6.07, 6.45) is 0. The van der Waals surface area contributed by atoms with E-state index in [2.05, 4.69) is 51.5 Å². The Morgan fingerprint density at radius 1 is 1.70 bits per heavy atom. The fourth-order valence-corrected chi connectivity index (χ4v) is 3.65. The molecule has 0 spiro atoms. The van der Waals surface area contributed by atoms with Crippen molar-refractivity contribution in [2.75, 3.05) is 10.2 Å². The Labute approximate surface area is 96.4 Å². The van der Waals surface area contributed by atoms with E-state index in [0.717, 1.165) is 10.0 Å². The van der Waals surface area contributed by atoms with Gasteiger partial charge < -0.3 is 3.11 Å². The van der Waals surface area contributed by atoms with Crippen LogP contribution in [0.25, 0.3) is 0 Å². The molecule has 1 heterocycles. The van der Waals surface area contributed by atoms with E-state index in [1.807, 2.05) is 10.2 Å². The molecule has 0 bridgehead atoms. The highest BCUT2D eigenvalue weighted by molar-refractivity contribution is 14.1. The first-order valence-corrected chi connectivity index (χ1v) is 5.69. The summed E-state index contributed by atoms with van der Waals surface area (Å²) in [4.78, 5) is 0. The van der Waals surface area contributed by atoms with Gasteiger partial charge in [-0.1, -0.05) is 11.6 Å². The van der Waals surface area contributed by atoms with Crippen molar-refractivity contribution in [3.8, 4) is 0 Å². The van der Waals surface area contributed by atoms with Gasteiger partial charge in [-0.15, -0.1) is 11.3 Å². The van der Waals surface area contributed by atoms with Crippen LogP contribution in [0.15, 0.2) is 6.07 Å². The molecule has 0 fully saturated rings. The fraction of sp³-hybridized carbons (Fsp3) is 0.200. The summed E-state index contributed by atoms with van der Waals surface area (Å²) < 4.78 is 4.07. The maximum absolute atomic E-state index is 5.91. The van der Waals surface area contributed by atoms with Gasteiger partial charge in [0.15, 0.2) is 0 Å². The highest BCUT2D eigenvalue weighted by Crippen LogP contribution is 2.36. The third-order valence-electron chi connectivity index (χ3n) is 0.971. The molecule has 0 saturated carbocycles. The Bertz CT molecular complexity index is 236. The molecule has 0 aromatic carbocycles. The quantitative estimate of drug-likeness (QED) is 0.513. The van der Waals surface area contributed by atoms with Crippen molar-refractivity contribution in [3.63, 3.8) is 0 Å². The van der Waals surface area contributed by atoms with Gasteiger partial charge in [0.25, 0.3) is 0 Å². The maximum Gasteiger partial charge on any atom is 0.118 e. The highest BCUT2D eigenvalue weighted by Gasteiger charge is 2.06. The average molecular weight is 399 g/mol. The van der Waals surface area contributed by atoms with Crippen molar-refractivity contribution >= 4 is 74.1 Å². The zero-order chi connectivity index (χ0) is 7.72. The van der Waals surface area contributed by atoms with Crippen LogP contribution in [0, 0.1) is 2.88 Å². The Kier molecular flexibility index (Phi) is 3.52. The molecule has 56 valence electrons. The molecule has 1 aromatic heterocycles. The van der Waals surface area contributed by atoms with Gasteiger partial charge in [0.05, 0.1) is 31.4 Å². The number of anilines is 1. The molecule has 1 nitrogen and oxygen atoms in total. The van der Waals surface area contributed by atoms with Gasteiger partial charge in [0, 0.05) is 7.05 Å². The molecule has 0 aliphatic rings. The van der Waals surface area contributed by atoms with Crippen LogP contribution in [-0.4, -0.2) is 7.05 Å². The fourth-order valence-electron chi connectivity index (χ4n) is 0.542. The lowest BCUT2D eigenvalue weighted by Crippen LogP contribution is -1.97. The van der Waals surface area contributed by atoms with Gasteiger partial charge in [-0.25, -0.2) is 0 Å². The molecule has 1 rings (SSSR count). The van der Waals surface area contributed by atoms with E-state index >= 15 is 0 Å². The number of rotatable bonds is 1. The second kappa shape index (κ2) is 3.77. The van der Waals surface area contributed by atoms with Crippen LogP contribution in [-0.2, 0) is 0 Å². The average Bonchev–Trinajstić information content (AvgIpc) is 2.10. The zero-order valence-electron chi connectivity index (χ0n) is 5.07. The lowest BCUT2D eigenvalue weighted by molar-refractivity contribution is 1.44. The predicted molar refractivity (Wildman–Crippen MR) is 64.5 cm³/mol. The van der Waals surface area contributed by atoms with E-state index in [-0.39, 0.29) is 0 Å². The normalized spacial score (nSPS) is 10.0. The molecular formula is C5H4ClI2NS. The van der Waals surface area contributed by atoms with E-state index in [4.69, 9.17) is 11.6 Å². The van der Waals surface area contributed by atoms with Crippen molar-refractivity contribution in [2.45, 2.75) is 0 Å². The smallest absolute Gasteiger partial charge is 0.118 e. The minimum atomic E-state index is 0.862. The van der Waals surface area contributed by atoms with Gasteiger partial charge in [-0.2, -0.15) is 0 Å². The molecule has 0 radical (unpaired) electrons. The second-order valence-electron chi connectivity index (χ2n) is 1.69. The van der Waals surface area contributed by atoms with Crippen LogP contribution in [0.4, 0.5) is 5.69 Å². The minimum Gasteiger partial charge on any atom is -0.316 e. The van der Waals surface area contributed by atoms with E-state index in [1.54, 1.807) is 11.3 Å². The van der Waals surface area contributed by atoms with Gasteiger partial charge >= 0.3 is 0 Å². The first kappa shape index (κ1) is 9.34. The number of nitrogens with zero attached hydrogens (tertiary/aromatic N) is 1. The Balaban J connectivity index is 3.03. The third kappa shape index (κ3) is 2.12. The van der Waals surface area contributed by atoms with E-state index in [0.29, 0.717) is 0 Å². The molecule has 0 saturated heterocycles. The lowest BCUT2D eigenvalue weighted by atomic mass is 10.5.